The van der Waals surface area contributed by atoms with Gasteiger partial charge in [-0.2, -0.15) is 0 Å². The van der Waals surface area contributed by atoms with Crippen molar-refractivity contribution in [3.05, 3.63) is 29.0 Å². The zero-order chi connectivity index (χ0) is 17.6. The maximum Gasteiger partial charge on any atom is 0.320 e. The van der Waals surface area contributed by atoms with Crippen LogP contribution in [-0.2, 0) is 4.79 Å². The van der Waals surface area contributed by atoms with E-state index in [4.69, 9.17) is 16.3 Å². The second-order valence-electron chi connectivity index (χ2n) is 7.12. The van der Waals surface area contributed by atoms with Gasteiger partial charge in [0.05, 0.1) is 17.2 Å². The number of rotatable bonds is 3. The van der Waals surface area contributed by atoms with Crippen LogP contribution in [0.1, 0.15) is 12.8 Å². The molecule has 0 aliphatic carbocycles. The van der Waals surface area contributed by atoms with E-state index in [1.807, 2.05) is 0 Å². The quantitative estimate of drug-likeness (QED) is 0.887. The molecule has 3 fully saturated rings. The summed E-state index contributed by atoms with van der Waals surface area (Å²) in [6.45, 7) is 2.90. The van der Waals surface area contributed by atoms with Crippen LogP contribution < -0.4 is 10.1 Å². The van der Waals surface area contributed by atoms with Gasteiger partial charge in [-0.15, -0.1) is 0 Å². The Morgan fingerprint density at radius 3 is 2.76 bits per heavy atom. The van der Waals surface area contributed by atoms with Crippen molar-refractivity contribution < 1.29 is 18.7 Å². The number of ether oxygens (including phenoxy) is 1. The first-order valence-corrected chi connectivity index (χ1v) is 8.75. The molecule has 0 radical (unpaired) electrons. The van der Waals surface area contributed by atoms with Gasteiger partial charge in [0.2, 0.25) is 5.91 Å². The minimum Gasteiger partial charge on any atom is -0.492 e. The SMILES string of the molecule is O=C1CCC2(CN(C(=O)N3CC(COc4ccc(F)cc4Cl)C3)C2)N1. The molecular weight excluding hydrogens is 349 g/mol. The molecule has 3 heterocycles. The highest BCUT2D eigenvalue weighted by atomic mass is 35.5. The Bertz CT molecular complexity index is 717. The van der Waals surface area contributed by atoms with Gasteiger partial charge in [0, 0.05) is 38.5 Å². The fraction of sp³-hybridized carbons (Fsp3) is 0.529. The largest absolute Gasteiger partial charge is 0.492 e. The van der Waals surface area contributed by atoms with Gasteiger partial charge in [0.25, 0.3) is 0 Å². The van der Waals surface area contributed by atoms with Crippen LogP contribution in [0.15, 0.2) is 18.2 Å². The summed E-state index contributed by atoms with van der Waals surface area (Å²) in [5.41, 5.74) is -0.181. The Morgan fingerprint density at radius 2 is 2.12 bits per heavy atom. The topological polar surface area (TPSA) is 61.9 Å². The third-order valence-electron chi connectivity index (χ3n) is 5.09. The molecule has 0 saturated carbocycles. The summed E-state index contributed by atoms with van der Waals surface area (Å²) >= 11 is 5.92. The van der Waals surface area contributed by atoms with Crippen molar-refractivity contribution in [1.82, 2.24) is 15.1 Å². The molecule has 3 amide bonds. The smallest absolute Gasteiger partial charge is 0.320 e. The van der Waals surface area contributed by atoms with Gasteiger partial charge in [0.15, 0.2) is 0 Å². The van der Waals surface area contributed by atoms with E-state index in [1.54, 1.807) is 9.80 Å². The highest BCUT2D eigenvalue weighted by molar-refractivity contribution is 6.32. The van der Waals surface area contributed by atoms with Gasteiger partial charge < -0.3 is 19.9 Å². The Kier molecular flexibility index (Phi) is 3.98. The lowest BCUT2D eigenvalue weighted by Gasteiger charge is -2.51. The van der Waals surface area contributed by atoms with Crippen molar-refractivity contribution >= 4 is 23.5 Å². The van der Waals surface area contributed by atoms with Crippen molar-refractivity contribution in [2.24, 2.45) is 5.92 Å². The summed E-state index contributed by atoms with van der Waals surface area (Å²) in [5, 5.41) is 3.22. The first-order chi connectivity index (χ1) is 11.9. The van der Waals surface area contributed by atoms with Crippen LogP contribution in [0.3, 0.4) is 0 Å². The second kappa shape index (κ2) is 6.05. The Morgan fingerprint density at radius 1 is 1.36 bits per heavy atom. The van der Waals surface area contributed by atoms with Crippen LogP contribution >= 0.6 is 11.6 Å². The lowest BCUT2D eigenvalue weighted by molar-refractivity contribution is -0.120. The average Bonchev–Trinajstić information content (AvgIpc) is 2.88. The predicted octanol–water partition coefficient (Wildman–Crippen LogP) is 1.87. The van der Waals surface area contributed by atoms with Crippen LogP contribution in [0.25, 0.3) is 0 Å². The summed E-state index contributed by atoms with van der Waals surface area (Å²) in [6, 6.07) is 4.05. The van der Waals surface area contributed by atoms with E-state index in [1.165, 1.54) is 18.2 Å². The fourth-order valence-corrected chi connectivity index (χ4v) is 3.88. The molecule has 1 aromatic carbocycles. The van der Waals surface area contributed by atoms with Crippen molar-refractivity contribution in [1.29, 1.82) is 0 Å². The highest BCUT2D eigenvalue weighted by Crippen LogP contribution is 2.32. The van der Waals surface area contributed by atoms with Gasteiger partial charge in [0.1, 0.15) is 11.6 Å². The number of urea groups is 1. The van der Waals surface area contributed by atoms with Crippen molar-refractivity contribution in [3.63, 3.8) is 0 Å². The molecule has 3 aliphatic heterocycles. The zero-order valence-corrected chi connectivity index (χ0v) is 14.4. The molecule has 3 aliphatic rings. The number of halogens is 2. The van der Waals surface area contributed by atoms with E-state index in [9.17, 15) is 14.0 Å². The first kappa shape index (κ1) is 16.4. The normalized spacial score (nSPS) is 21.8. The highest BCUT2D eigenvalue weighted by Gasteiger charge is 2.51. The Hall–Kier alpha value is -2.02. The van der Waals surface area contributed by atoms with Crippen LogP contribution in [0.5, 0.6) is 5.75 Å². The van der Waals surface area contributed by atoms with E-state index >= 15 is 0 Å². The molecule has 3 saturated heterocycles. The molecule has 8 heteroatoms. The van der Waals surface area contributed by atoms with Gasteiger partial charge in [-0.1, -0.05) is 11.6 Å². The summed E-state index contributed by atoms with van der Waals surface area (Å²) in [4.78, 5) is 27.3. The lowest BCUT2D eigenvalue weighted by atomic mass is 9.88. The van der Waals surface area contributed by atoms with E-state index in [0.29, 0.717) is 45.0 Å². The molecular formula is C17H19ClFN3O3. The maximum atomic E-state index is 13.0. The number of benzene rings is 1. The van der Waals surface area contributed by atoms with E-state index in [0.717, 1.165) is 6.42 Å². The standard InChI is InChI=1S/C17H19ClFN3O3/c18-13-5-12(19)1-2-14(13)25-8-11-6-21(7-11)16(24)22-9-17(10-22)4-3-15(23)20-17/h1-2,5,11H,3-4,6-10H2,(H,20,23). The molecule has 1 N–H and O–H groups in total. The molecule has 6 nitrogen and oxygen atoms in total. The van der Waals surface area contributed by atoms with Gasteiger partial charge in [-0.05, 0) is 24.6 Å². The van der Waals surface area contributed by atoms with Crippen LogP contribution in [0, 0.1) is 11.7 Å². The van der Waals surface area contributed by atoms with Crippen LogP contribution in [0.2, 0.25) is 5.02 Å². The van der Waals surface area contributed by atoms with E-state index in [-0.39, 0.29) is 28.4 Å². The molecule has 1 spiro atoms. The number of carbonyl (C=O) groups is 2. The number of amides is 3. The number of hydrogen-bond acceptors (Lipinski definition) is 3. The minimum absolute atomic E-state index is 0.0165. The zero-order valence-electron chi connectivity index (χ0n) is 13.6. The van der Waals surface area contributed by atoms with Gasteiger partial charge in [-0.25, -0.2) is 9.18 Å². The molecule has 0 aromatic heterocycles. The average molecular weight is 368 g/mol. The van der Waals surface area contributed by atoms with Crippen molar-refractivity contribution in [2.75, 3.05) is 32.8 Å². The predicted molar refractivity (Wildman–Crippen MR) is 89.0 cm³/mol. The van der Waals surface area contributed by atoms with Crippen molar-refractivity contribution in [2.45, 2.75) is 18.4 Å². The monoisotopic (exact) mass is 367 g/mol. The van der Waals surface area contributed by atoms with Gasteiger partial charge in [-0.3, -0.25) is 4.79 Å². The summed E-state index contributed by atoms with van der Waals surface area (Å²) in [7, 11) is 0. The number of nitrogens with zero attached hydrogens (tertiary/aromatic N) is 2. The molecule has 134 valence electrons. The Balaban J connectivity index is 1.20. The van der Waals surface area contributed by atoms with Gasteiger partial charge >= 0.3 is 6.03 Å². The van der Waals surface area contributed by atoms with Crippen LogP contribution in [-0.4, -0.2) is 60.1 Å². The first-order valence-electron chi connectivity index (χ1n) is 8.37. The molecule has 4 rings (SSSR count). The Labute approximate surface area is 149 Å². The summed E-state index contributed by atoms with van der Waals surface area (Å²) < 4.78 is 18.6. The maximum absolute atomic E-state index is 13.0. The molecule has 1 aromatic rings. The third-order valence-corrected chi connectivity index (χ3v) is 5.38. The molecule has 0 unspecified atom stereocenters. The van der Waals surface area contributed by atoms with Crippen LogP contribution in [0.4, 0.5) is 9.18 Å². The minimum atomic E-state index is -0.400. The molecule has 0 bridgehead atoms. The number of carbonyl (C=O) groups excluding carboxylic acids is 2. The molecule has 25 heavy (non-hydrogen) atoms. The number of likely N-dealkylation sites (tertiary alicyclic amines) is 2. The van der Waals surface area contributed by atoms with E-state index in [2.05, 4.69) is 5.32 Å². The van der Waals surface area contributed by atoms with E-state index < -0.39 is 5.82 Å². The fourth-order valence-electron chi connectivity index (χ4n) is 3.66. The number of hydrogen-bond donors (Lipinski definition) is 1. The summed E-state index contributed by atoms with van der Waals surface area (Å²) in [6.07, 6.45) is 1.36. The second-order valence-corrected chi connectivity index (χ2v) is 7.53. The number of nitrogens with one attached hydrogen (secondary N) is 1. The third kappa shape index (κ3) is 3.13. The van der Waals surface area contributed by atoms with Crippen molar-refractivity contribution in [3.8, 4) is 5.75 Å². The molecule has 0 atom stereocenters. The summed E-state index contributed by atoms with van der Waals surface area (Å²) in [5.74, 6) is 0.372. The lowest BCUT2D eigenvalue weighted by Crippen LogP contribution is -2.71.